The Labute approximate surface area is 133 Å². The maximum absolute atomic E-state index is 13.8. The van der Waals surface area contributed by atoms with Gasteiger partial charge in [0.1, 0.15) is 17.4 Å². The van der Waals surface area contributed by atoms with E-state index in [0.29, 0.717) is 31.2 Å². The minimum atomic E-state index is -0.689. The first kappa shape index (κ1) is 18.2. The zero-order chi connectivity index (χ0) is 16.0. The van der Waals surface area contributed by atoms with Crippen molar-refractivity contribution in [1.82, 2.24) is 0 Å². The van der Waals surface area contributed by atoms with Crippen molar-refractivity contribution in [3.63, 3.8) is 0 Å². The molecule has 0 aliphatic heterocycles. The molecule has 1 rings (SSSR count). The molecule has 0 saturated heterocycles. The van der Waals surface area contributed by atoms with Crippen molar-refractivity contribution in [2.24, 2.45) is 17.6 Å². The van der Waals surface area contributed by atoms with Gasteiger partial charge in [-0.1, -0.05) is 13.8 Å². The number of hydrogen-bond donors (Lipinski definition) is 1. The van der Waals surface area contributed by atoms with Crippen LogP contribution in [0.1, 0.15) is 38.7 Å². The fourth-order valence-electron chi connectivity index (χ4n) is 2.39. The maximum Gasteiger partial charge on any atom is 0.143 e. The van der Waals surface area contributed by atoms with E-state index in [1.54, 1.807) is 0 Å². The Morgan fingerprint density at radius 1 is 1.29 bits per heavy atom. The molecule has 1 aromatic rings. The van der Waals surface area contributed by atoms with Crippen LogP contribution in [0.4, 0.5) is 8.78 Å². The first-order chi connectivity index (χ1) is 9.86. The lowest BCUT2D eigenvalue weighted by molar-refractivity contribution is -0.118. The van der Waals surface area contributed by atoms with Crippen molar-refractivity contribution in [3.05, 3.63) is 33.8 Å². The molecule has 0 aliphatic carbocycles. The van der Waals surface area contributed by atoms with Crippen LogP contribution >= 0.6 is 15.9 Å². The summed E-state index contributed by atoms with van der Waals surface area (Å²) in [5.41, 5.74) is 5.41. The number of carbonyl (C=O) groups excluding carboxylic acids is 1. The van der Waals surface area contributed by atoms with Gasteiger partial charge in [-0.15, -0.1) is 0 Å². The van der Waals surface area contributed by atoms with Crippen molar-refractivity contribution in [3.8, 4) is 0 Å². The molecule has 5 heteroatoms. The van der Waals surface area contributed by atoms with Crippen molar-refractivity contribution >= 4 is 21.7 Å². The molecule has 0 aromatic heterocycles. The minimum Gasteiger partial charge on any atom is -0.330 e. The minimum absolute atomic E-state index is 0.145. The van der Waals surface area contributed by atoms with Gasteiger partial charge >= 0.3 is 0 Å². The van der Waals surface area contributed by atoms with Crippen molar-refractivity contribution < 1.29 is 13.6 Å². The van der Waals surface area contributed by atoms with Crippen LogP contribution in [-0.2, 0) is 11.2 Å². The Hall–Kier alpha value is -0.810. The summed E-state index contributed by atoms with van der Waals surface area (Å²) in [6.07, 6.45) is 1.70. The third-order valence-electron chi connectivity index (χ3n) is 3.79. The Balaban J connectivity index is 2.64. The van der Waals surface area contributed by atoms with Crippen LogP contribution in [0.25, 0.3) is 0 Å². The highest BCUT2D eigenvalue weighted by atomic mass is 79.9. The van der Waals surface area contributed by atoms with E-state index >= 15 is 0 Å². The largest absolute Gasteiger partial charge is 0.330 e. The van der Waals surface area contributed by atoms with Gasteiger partial charge in [0.05, 0.1) is 4.47 Å². The normalized spacial score (nSPS) is 12.7. The molecular weight excluding hydrogens is 340 g/mol. The van der Waals surface area contributed by atoms with Gasteiger partial charge in [0.2, 0.25) is 0 Å². The van der Waals surface area contributed by atoms with Crippen LogP contribution in [0.3, 0.4) is 0 Å². The summed E-state index contributed by atoms with van der Waals surface area (Å²) in [5, 5.41) is 0. The molecule has 0 spiro atoms. The van der Waals surface area contributed by atoms with Crippen molar-refractivity contribution in [1.29, 1.82) is 0 Å². The molecule has 0 saturated carbocycles. The molecule has 2 N–H and O–H groups in total. The first-order valence-corrected chi connectivity index (χ1v) is 8.00. The third-order valence-corrected chi connectivity index (χ3v) is 4.40. The number of Topliss-reactive ketones (excluding diaryl/α,β-unsaturated/α-hetero) is 1. The number of nitrogens with two attached hydrogens (primary N) is 1. The smallest absolute Gasteiger partial charge is 0.143 e. The molecule has 21 heavy (non-hydrogen) atoms. The molecule has 0 radical (unpaired) electrons. The second kappa shape index (κ2) is 8.59. The molecule has 1 unspecified atom stereocenters. The molecular formula is C16H22BrF2NO. The number of halogens is 3. The van der Waals surface area contributed by atoms with E-state index in [4.69, 9.17) is 5.73 Å². The summed E-state index contributed by atoms with van der Waals surface area (Å²) < 4.78 is 27.6. The SMILES string of the molecule is CC(C)C(CCN)CCC(=O)Cc1c(F)ccc(Br)c1F. The van der Waals surface area contributed by atoms with Crippen molar-refractivity contribution in [2.45, 2.75) is 39.5 Å². The summed E-state index contributed by atoms with van der Waals surface area (Å²) in [7, 11) is 0. The number of hydrogen-bond acceptors (Lipinski definition) is 2. The van der Waals surface area contributed by atoms with Gasteiger partial charge in [0, 0.05) is 18.4 Å². The van der Waals surface area contributed by atoms with Crippen LogP contribution in [0.5, 0.6) is 0 Å². The molecule has 1 atom stereocenters. The fraction of sp³-hybridized carbons (Fsp3) is 0.562. The molecule has 0 bridgehead atoms. The van der Waals surface area contributed by atoms with Gasteiger partial charge in [0.25, 0.3) is 0 Å². The Morgan fingerprint density at radius 2 is 1.95 bits per heavy atom. The van der Waals surface area contributed by atoms with Crippen LogP contribution < -0.4 is 5.73 Å². The van der Waals surface area contributed by atoms with Crippen LogP contribution in [0, 0.1) is 23.5 Å². The molecule has 0 amide bonds. The lowest BCUT2D eigenvalue weighted by Gasteiger charge is -2.19. The molecule has 0 aliphatic rings. The Morgan fingerprint density at radius 3 is 2.52 bits per heavy atom. The predicted molar refractivity (Wildman–Crippen MR) is 84.0 cm³/mol. The lowest BCUT2D eigenvalue weighted by atomic mass is 9.87. The quantitative estimate of drug-likeness (QED) is 0.703. The predicted octanol–water partition coefficient (Wildman–Crippen LogP) is 4.24. The highest BCUT2D eigenvalue weighted by molar-refractivity contribution is 9.10. The zero-order valence-electron chi connectivity index (χ0n) is 12.5. The standard InChI is InChI=1S/C16H22BrF2NO/c1-10(2)11(7-8-20)3-4-12(21)9-13-15(18)6-5-14(17)16(13)19/h5-6,10-11H,3-4,7-9,20H2,1-2H3. The number of benzene rings is 1. The average molecular weight is 362 g/mol. The number of ketones is 1. The van der Waals surface area contributed by atoms with Gasteiger partial charge in [-0.2, -0.15) is 0 Å². The monoisotopic (exact) mass is 361 g/mol. The second-order valence-corrected chi connectivity index (χ2v) is 6.51. The highest BCUT2D eigenvalue weighted by Gasteiger charge is 2.18. The van der Waals surface area contributed by atoms with Gasteiger partial charge in [-0.25, -0.2) is 8.78 Å². The third kappa shape index (κ3) is 5.47. The number of rotatable bonds is 8. The molecule has 2 nitrogen and oxygen atoms in total. The average Bonchev–Trinajstić information content (AvgIpc) is 2.43. The van der Waals surface area contributed by atoms with Crippen LogP contribution in [0.15, 0.2) is 16.6 Å². The van der Waals surface area contributed by atoms with E-state index in [0.717, 1.165) is 6.42 Å². The lowest BCUT2D eigenvalue weighted by Crippen LogP contribution is -2.16. The van der Waals surface area contributed by atoms with Crippen LogP contribution in [-0.4, -0.2) is 12.3 Å². The molecule has 1 aromatic carbocycles. The van der Waals surface area contributed by atoms with Gasteiger partial charge in [-0.3, -0.25) is 4.79 Å². The summed E-state index contributed by atoms with van der Waals surface area (Å²) >= 11 is 3.01. The molecule has 118 valence electrons. The summed E-state index contributed by atoms with van der Waals surface area (Å²) in [4.78, 5) is 12.0. The van der Waals surface area contributed by atoms with E-state index in [1.807, 2.05) is 0 Å². The zero-order valence-corrected chi connectivity index (χ0v) is 14.1. The highest BCUT2D eigenvalue weighted by Crippen LogP contribution is 2.24. The van der Waals surface area contributed by atoms with Gasteiger partial charge in [0.15, 0.2) is 0 Å². The van der Waals surface area contributed by atoms with E-state index < -0.39 is 11.6 Å². The first-order valence-electron chi connectivity index (χ1n) is 7.21. The van der Waals surface area contributed by atoms with E-state index in [-0.39, 0.29) is 22.2 Å². The second-order valence-electron chi connectivity index (χ2n) is 5.66. The van der Waals surface area contributed by atoms with E-state index in [1.165, 1.54) is 12.1 Å². The number of carbonyl (C=O) groups is 1. The van der Waals surface area contributed by atoms with Crippen molar-refractivity contribution in [2.75, 3.05) is 6.54 Å². The Kier molecular flexibility index (Phi) is 7.46. The van der Waals surface area contributed by atoms with E-state index in [9.17, 15) is 13.6 Å². The summed E-state index contributed by atoms with van der Waals surface area (Å²) in [5.74, 6) is -0.692. The van der Waals surface area contributed by atoms with E-state index in [2.05, 4.69) is 29.8 Å². The molecule has 0 fully saturated rings. The fourth-order valence-corrected chi connectivity index (χ4v) is 2.76. The summed E-state index contributed by atoms with van der Waals surface area (Å²) in [6, 6.07) is 2.47. The maximum atomic E-state index is 13.8. The van der Waals surface area contributed by atoms with Crippen LogP contribution in [0.2, 0.25) is 0 Å². The Bertz CT molecular complexity index is 491. The van der Waals surface area contributed by atoms with Gasteiger partial charge in [-0.05, 0) is 59.3 Å². The summed E-state index contributed by atoms with van der Waals surface area (Å²) in [6.45, 7) is 4.78. The molecule has 0 heterocycles. The topological polar surface area (TPSA) is 43.1 Å². The van der Waals surface area contributed by atoms with Gasteiger partial charge < -0.3 is 5.73 Å².